The van der Waals surface area contributed by atoms with E-state index in [1.807, 2.05) is 6.92 Å². The van der Waals surface area contributed by atoms with E-state index >= 15 is 0 Å². The van der Waals surface area contributed by atoms with Gasteiger partial charge in [0, 0.05) is 17.1 Å². The van der Waals surface area contributed by atoms with Crippen molar-refractivity contribution in [1.29, 1.82) is 0 Å². The van der Waals surface area contributed by atoms with E-state index in [0.29, 0.717) is 22.2 Å². The van der Waals surface area contributed by atoms with Crippen LogP contribution in [0.25, 0.3) is 10.9 Å². The van der Waals surface area contributed by atoms with E-state index in [-0.39, 0.29) is 6.61 Å². The number of fused-ring (bicyclic) bond motifs is 1. The third kappa shape index (κ3) is 1.64. The fraction of sp³-hybridized carbons (Fsp3) is 0.250. The van der Waals surface area contributed by atoms with Crippen LogP contribution < -0.4 is 4.74 Å². The largest absolute Gasteiger partial charge is 0.496 e. The molecule has 0 aliphatic heterocycles. The number of aliphatic hydroxyl groups excluding tert-OH is 1. The molecule has 90 valence electrons. The van der Waals surface area contributed by atoms with E-state index in [9.17, 15) is 9.90 Å². The van der Waals surface area contributed by atoms with E-state index in [0.717, 1.165) is 10.1 Å². The lowest BCUT2D eigenvalue weighted by atomic mass is 10.1. The Morgan fingerprint density at radius 3 is 2.76 bits per heavy atom. The predicted molar refractivity (Wildman–Crippen MR) is 62.6 cm³/mol. The Morgan fingerprint density at radius 2 is 2.24 bits per heavy atom. The van der Waals surface area contributed by atoms with Crippen LogP contribution in [0.5, 0.6) is 5.75 Å². The van der Waals surface area contributed by atoms with Gasteiger partial charge in [0.25, 0.3) is 0 Å². The van der Waals surface area contributed by atoms with Crippen LogP contribution in [0.2, 0.25) is 0 Å². The van der Waals surface area contributed by atoms with Gasteiger partial charge in [-0.25, -0.2) is 4.79 Å². The Balaban J connectivity index is 2.86. The smallest absolute Gasteiger partial charge is 0.416 e. The number of aliphatic hydroxyl groups is 1. The summed E-state index contributed by atoms with van der Waals surface area (Å²) in [5, 5.41) is 19.1. The van der Waals surface area contributed by atoms with Crippen molar-refractivity contribution in [3.05, 3.63) is 29.5 Å². The highest BCUT2D eigenvalue weighted by atomic mass is 16.5. The zero-order valence-electron chi connectivity index (χ0n) is 9.60. The van der Waals surface area contributed by atoms with Crippen LogP contribution in [0.1, 0.15) is 11.1 Å². The Morgan fingerprint density at radius 1 is 1.53 bits per heavy atom. The van der Waals surface area contributed by atoms with Crippen molar-refractivity contribution in [2.75, 3.05) is 7.11 Å². The zero-order chi connectivity index (χ0) is 12.6. The summed E-state index contributed by atoms with van der Waals surface area (Å²) in [6, 6.07) is 3.40. The minimum atomic E-state index is -1.04. The average molecular weight is 235 g/mol. The second-order valence-corrected chi connectivity index (χ2v) is 3.76. The number of hydrogen-bond acceptors (Lipinski definition) is 3. The van der Waals surface area contributed by atoms with Gasteiger partial charge < -0.3 is 14.9 Å². The van der Waals surface area contributed by atoms with Gasteiger partial charge in [-0.1, -0.05) is 0 Å². The summed E-state index contributed by atoms with van der Waals surface area (Å²) in [5.41, 5.74) is 1.98. The number of methoxy groups -OCH3 is 1. The zero-order valence-corrected chi connectivity index (χ0v) is 9.60. The summed E-state index contributed by atoms with van der Waals surface area (Å²) in [5.74, 6) is 0.570. The summed E-state index contributed by atoms with van der Waals surface area (Å²) in [6.45, 7) is 1.62. The lowest BCUT2D eigenvalue weighted by molar-refractivity contribution is 0.197. The maximum Gasteiger partial charge on any atom is 0.416 e. The first kappa shape index (κ1) is 11.5. The molecule has 2 aromatic rings. The fourth-order valence-corrected chi connectivity index (χ4v) is 2.07. The third-order valence-corrected chi connectivity index (χ3v) is 2.81. The van der Waals surface area contributed by atoms with Gasteiger partial charge in [-0.3, -0.25) is 4.57 Å². The van der Waals surface area contributed by atoms with Crippen molar-refractivity contribution in [2.24, 2.45) is 0 Å². The molecule has 2 rings (SSSR count). The summed E-state index contributed by atoms with van der Waals surface area (Å²) in [6.07, 6.45) is 0.427. The molecule has 0 unspecified atom stereocenters. The monoisotopic (exact) mass is 235 g/mol. The number of carbonyl (C=O) groups is 1. The Labute approximate surface area is 97.9 Å². The summed E-state index contributed by atoms with van der Waals surface area (Å²) < 4.78 is 6.32. The van der Waals surface area contributed by atoms with Crippen molar-refractivity contribution in [2.45, 2.75) is 13.5 Å². The molecule has 0 amide bonds. The highest BCUT2D eigenvalue weighted by molar-refractivity contribution is 5.94. The predicted octanol–water partition coefficient (Wildman–Crippen LogP) is 1.98. The Hall–Kier alpha value is -2.01. The molecule has 0 saturated carbocycles. The number of aryl methyl sites for hydroxylation is 1. The van der Waals surface area contributed by atoms with Gasteiger partial charge in [0.2, 0.25) is 0 Å². The van der Waals surface area contributed by atoms with Crippen LogP contribution in [0, 0.1) is 6.92 Å². The van der Waals surface area contributed by atoms with Crippen LogP contribution in [0.3, 0.4) is 0 Å². The number of ether oxygens (including phenoxy) is 1. The molecule has 0 bridgehead atoms. The molecular weight excluding hydrogens is 222 g/mol. The second-order valence-electron chi connectivity index (χ2n) is 3.76. The number of benzene rings is 1. The highest BCUT2D eigenvalue weighted by Crippen LogP contribution is 2.31. The van der Waals surface area contributed by atoms with E-state index < -0.39 is 6.09 Å². The first-order valence-electron chi connectivity index (χ1n) is 5.11. The number of carboxylic acid groups (broad SMARTS) is 1. The molecule has 0 spiro atoms. The maximum atomic E-state index is 11.1. The van der Waals surface area contributed by atoms with Gasteiger partial charge in [-0.05, 0) is 24.6 Å². The number of hydrogen-bond donors (Lipinski definition) is 2. The lowest BCUT2D eigenvalue weighted by Gasteiger charge is -2.10. The summed E-state index contributed by atoms with van der Waals surface area (Å²) >= 11 is 0. The fourth-order valence-electron chi connectivity index (χ4n) is 2.07. The normalized spacial score (nSPS) is 10.8. The molecule has 0 radical (unpaired) electrons. The van der Waals surface area contributed by atoms with E-state index in [1.165, 1.54) is 13.3 Å². The van der Waals surface area contributed by atoms with Crippen molar-refractivity contribution in [3.63, 3.8) is 0 Å². The summed E-state index contributed by atoms with van der Waals surface area (Å²) in [7, 11) is 1.52. The van der Waals surface area contributed by atoms with Gasteiger partial charge in [-0.2, -0.15) is 0 Å². The number of nitrogens with zero attached hydrogens (tertiary/aromatic N) is 1. The molecule has 0 fully saturated rings. The molecule has 0 aliphatic rings. The molecule has 17 heavy (non-hydrogen) atoms. The second kappa shape index (κ2) is 4.10. The molecule has 5 heteroatoms. The number of rotatable bonds is 2. The van der Waals surface area contributed by atoms with E-state index in [2.05, 4.69) is 0 Å². The molecule has 0 aliphatic carbocycles. The summed E-state index contributed by atoms with van der Waals surface area (Å²) in [4.78, 5) is 11.1. The molecule has 1 aromatic heterocycles. The Bertz CT molecular complexity index is 586. The van der Waals surface area contributed by atoms with E-state index in [1.54, 1.807) is 12.1 Å². The highest BCUT2D eigenvalue weighted by Gasteiger charge is 2.15. The molecule has 2 N–H and O–H groups in total. The topological polar surface area (TPSA) is 71.7 Å². The number of aromatic nitrogens is 1. The van der Waals surface area contributed by atoms with Crippen molar-refractivity contribution >= 4 is 17.0 Å². The standard InChI is InChI=1S/C12H13NO4/c1-7-5-10(17-2)9(6-14)8-3-4-13(11(7)8)12(15)16/h3-5,14H,6H2,1-2H3,(H,15,16). The Kier molecular flexibility index (Phi) is 2.77. The molecule has 1 aromatic carbocycles. The van der Waals surface area contributed by atoms with Crippen LogP contribution >= 0.6 is 0 Å². The van der Waals surface area contributed by atoms with Crippen LogP contribution in [-0.4, -0.2) is 28.0 Å². The molecule has 0 atom stereocenters. The van der Waals surface area contributed by atoms with Gasteiger partial charge in [0.1, 0.15) is 5.75 Å². The van der Waals surface area contributed by atoms with Crippen LogP contribution in [-0.2, 0) is 6.61 Å². The van der Waals surface area contributed by atoms with Crippen molar-refractivity contribution in [1.82, 2.24) is 4.57 Å². The van der Waals surface area contributed by atoms with E-state index in [4.69, 9.17) is 9.84 Å². The van der Waals surface area contributed by atoms with Crippen molar-refractivity contribution < 1.29 is 19.7 Å². The molecule has 1 heterocycles. The van der Waals surface area contributed by atoms with Crippen molar-refractivity contribution in [3.8, 4) is 5.75 Å². The molecule has 5 nitrogen and oxygen atoms in total. The van der Waals surface area contributed by atoms with Crippen LogP contribution in [0.4, 0.5) is 4.79 Å². The quantitative estimate of drug-likeness (QED) is 0.834. The average Bonchev–Trinajstić information content (AvgIpc) is 2.73. The molecular formula is C12H13NO4. The first-order valence-corrected chi connectivity index (χ1v) is 5.11. The third-order valence-electron chi connectivity index (χ3n) is 2.81. The van der Waals surface area contributed by atoms with Gasteiger partial charge >= 0.3 is 6.09 Å². The maximum absolute atomic E-state index is 11.1. The van der Waals surface area contributed by atoms with Gasteiger partial charge in [0.05, 0.1) is 19.2 Å². The minimum absolute atomic E-state index is 0.191. The molecule has 0 saturated heterocycles. The first-order chi connectivity index (χ1) is 8.10. The minimum Gasteiger partial charge on any atom is -0.496 e. The van der Waals surface area contributed by atoms with Gasteiger partial charge in [-0.15, -0.1) is 0 Å². The lowest BCUT2D eigenvalue weighted by Crippen LogP contribution is -2.07. The van der Waals surface area contributed by atoms with Crippen LogP contribution in [0.15, 0.2) is 18.3 Å². The van der Waals surface area contributed by atoms with Gasteiger partial charge in [0.15, 0.2) is 0 Å². The SMILES string of the molecule is COc1cc(C)c2c(ccn2C(=O)O)c1CO.